The number of aromatic nitrogens is 3. The third-order valence-corrected chi connectivity index (χ3v) is 7.41. The number of nitrogens with one attached hydrogen (secondary N) is 1. The van der Waals surface area contributed by atoms with Gasteiger partial charge in [-0.05, 0) is 41.5 Å². The van der Waals surface area contributed by atoms with E-state index in [1.54, 1.807) is 24.4 Å². The Labute approximate surface area is 213 Å². The molecule has 194 valence electrons. The van der Waals surface area contributed by atoms with Gasteiger partial charge in [-0.15, -0.1) is 0 Å². The number of anilines is 1. The van der Waals surface area contributed by atoms with Crippen LogP contribution < -0.4 is 4.90 Å². The number of thiazole rings is 1. The number of alkyl halides is 3. The maximum Gasteiger partial charge on any atom is 0.417 e. The number of benzene rings is 2. The molecule has 0 spiro atoms. The number of nitrogens with zero attached hydrogens (tertiary/aromatic N) is 4. The van der Waals surface area contributed by atoms with Crippen molar-refractivity contribution in [2.75, 3.05) is 44.2 Å². The van der Waals surface area contributed by atoms with Crippen molar-refractivity contribution in [2.45, 2.75) is 6.18 Å². The summed E-state index contributed by atoms with van der Waals surface area (Å²) in [5.41, 5.74) is 0.266. The van der Waals surface area contributed by atoms with Crippen molar-refractivity contribution in [3.63, 3.8) is 0 Å². The second-order valence-electron chi connectivity index (χ2n) is 8.66. The number of aliphatic hydroxyl groups is 1. The van der Waals surface area contributed by atoms with E-state index in [1.165, 1.54) is 17.4 Å². The zero-order valence-corrected chi connectivity index (χ0v) is 20.3. The molecule has 3 N–H and O–H groups in total. The standard InChI is InChI=1S/C25H23F4N5O2S/c26-18-3-1-16(20(13-18)25(27,28)29)12-19(15-2-4-21-17(11-15)14-30-32-21)22-23(36)31-24(37-22)34-7-5-33(6-8-34)9-10-35/h1-4,11-14,35-36H,5-10H2,(H,30,32). The number of aromatic amines is 1. The van der Waals surface area contributed by atoms with Crippen LogP contribution in [0.15, 0.2) is 42.6 Å². The molecule has 0 unspecified atom stereocenters. The molecule has 12 heteroatoms. The Morgan fingerprint density at radius 1 is 1.11 bits per heavy atom. The number of aliphatic hydroxyl groups excluding tert-OH is 1. The highest BCUT2D eigenvalue weighted by atomic mass is 32.1. The van der Waals surface area contributed by atoms with Crippen molar-refractivity contribution >= 4 is 39.0 Å². The molecule has 1 fully saturated rings. The normalized spacial score (nSPS) is 15.6. The predicted octanol–water partition coefficient (Wildman–Crippen LogP) is 4.59. The Morgan fingerprint density at radius 2 is 1.89 bits per heavy atom. The average molecular weight is 534 g/mol. The maximum absolute atomic E-state index is 13.8. The first-order valence-corrected chi connectivity index (χ1v) is 12.3. The van der Waals surface area contributed by atoms with Gasteiger partial charge < -0.3 is 15.1 Å². The van der Waals surface area contributed by atoms with E-state index >= 15 is 0 Å². The Kier molecular flexibility index (Phi) is 6.88. The first kappa shape index (κ1) is 25.2. The van der Waals surface area contributed by atoms with Crippen molar-refractivity contribution in [2.24, 2.45) is 0 Å². The highest BCUT2D eigenvalue weighted by Crippen LogP contribution is 2.42. The molecular weight excluding hydrogens is 510 g/mol. The van der Waals surface area contributed by atoms with Crippen LogP contribution in [0.25, 0.3) is 22.6 Å². The molecule has 5 rings (SSSR count). The van der Waals surface area contributed by atoms with Gasteiger partial charge in [0.05, 0.1) is 23.9 Å². The van der Waals surface area contributed by atoms with Gasteiger partial charge in [-0.3, -0.25) is 10.00 Å². The van der Waals surface area contributed by atoms with E-state index in [4.69, 9.17) is 5.11 Å². The quantitative estimate of drug-likeness (QED) is 0.248. The molecule has 0 radical (unpaired) electrons. The van der Waals surface area contributed by atoms with E-state index in [0.717, 1.165) is 23.0 Å². The molecule has 7 nitrogen and oxygen atoms in total. The Bertz CT molecular complexity index is 1440. The lowest BCUT2D eigenvalue weighted by Gasteiger charge is -2.34. The fraction of sp³-hybridized carbons (Fsp3) is 0.280. The highest BCUT2D eigenvalue weighted by Gasteiger charge is 2.34. The number of hydrogen-bond acceptors (Lipinski definition) is 7. The van der Waals surface area contributed by atoms with Gasteiger partial charge in [0, 0.05) is 43.7 Å². The van der Waals surface area contributed by atoms with Gasteiger partial charge in [-0.1, -0.05) is 23.5 Å². The van der Waals surface area contributed by atoms with E-state index in [9.17, 15) is 22.7 Å². The predicted molar refractivity (Wildman–Crippen MR) is 134 cm³/mol. The van der Waals surface area contributed by atoms with Gasteiger partial charge in [0.1, 0.15) is 10.7 Å². The molecule has 3 heterocycles. The molecule has 0 atom stereocenters. The lowest BCUT2D eigenvalue weighted by Crippen LogP contribution is -2.47. The number of fused-ring (bicyclic) bond motifs is 1. The van der Waals surface area contributed by atoms with Crippen LogP contribution in [-0.2, 0) is 6.18 Å². The van der Waals surface area contributed by atoms with Gasteiger partial charge in [-0.25, -0.2) is 4.39 Å². The molecule has 0 aliphatic carbocycles. The number of piperazine rings is 1. The molecule has 0 bridgehead atoms. The minimum Gasteiger partial charge on any atom is -0.492 e. The van der Waals surface area contributed by atoms with Crippen LogP contribution in [-0.4, -0.2) is 69.6 Å². The monoisotopic (exact) mass is 533 g/mol. The molecule has 1 aliphatic rings. The van der Waals surface area contributed by atoms with Crippen molar-refractivity contribution in [3.05, 3.63) is 70.0 Å². The summed E-state index contributed by atoms with van der Waals surface area (Å²) in [5.74, 6) is -1.29. The van der Waals surface area contributed by atoms with Gasteiger partial charge >= 0.3 is 6.18 Å². The Balaban J connectivity index is 1.60. The SMILES string of the molecule is OCCN1CCN(c2nc(O)c(C(=Cc3ccc(F)cc3C(F)(F)F)c3ccc4[nH]ncc4c3)s2)CC1. The summed E-state index contributed by atoms with van der Waals surface area (Å²) < 4.78 is 55.1. The zero-order valence-electron chi connectivity index (χ0n) is 19.5. The molecule has 37 heavy (non-hydrogen) atoms. The van der Waals surface area contributed by atoms with Crippen LogP contribution in [0.3, 0.4) is 0 Å². The third kappa shape index (κ3) is 5.31. The molecule has 2 aromatic heterocycles. The van der Waals surface area contributed by atoms with Gasteiger partial charge in [-0.2, -0.15) is 23.3 Å². The summed E-state index contributed by atoms with van der Waals surface area (Å²) in [6.07, 6.45) is -1.87. The van der Waals surface area contributed by atoms with E-state index in [2.05, 4.69) is 20.1 Å². The molecule has 1 aliphatic heterocycles. The number of hydrogen-bond donors (Lipinski definition) is 3. The Morgan fingerprint density at radius 3 is 2.62 bits per heavy atom. The molecular formula is C25H23F4N5O2S. The summed E-state index contributed by atoms with van der Waals surface area (Å²) in [4.78, 5) is 8.73. The van der Waals surface area contributed by atoms with Crippen LogP contribution in [0.2, 0.25) is 0 Å². The number of rotatable bonds is 6. The van der Waals surface area contributed by atoms with Crippen molar-refractivity contribution < 1.29 is 27.8 Å². The molecule has 1 saturated heterocycles. The van der Waals surface area contributed by atoms with Crippen molar-refractivity contribution in [3.8, 4) is 5.88 Å². The smallest absolute Gasteiger partial charge is 0.417 e. The van der Waals surface area contributed by atoms with Gasteiger partial charge in [0.15, 0.2) is 5.13 Å². The molecule has 4 aromatic rings. The topological polar surface area (TPSA) is 88.5 Å². The van der Waals surface area contributed by atoms with Crippen LogP contribution in [0.4, 0.5) is 22.7 Å². The van der Waals surface area contributed by atoms with Crippen molar-refractivity contribution in [1.29, 1.82) is 0 Å². The first-order chi connectivity index (χ1) is 17.7. The van der Waals surface area contributed by atoms with Gasteiger partial charge in [0.2, 0.25) is 5.88 Å². The lowest BCUT2D eigenvalue weighted by molar-refractivity contribution is -0.137. The highest BCUT2D eigenvalue weighted by molar-refractivity contribution is 7.17. The van der Waals surface area contributed by atoms with Crippen LogP contribution in [0.5, 0.6) is 5.88 Å². The van der Waals surface area contributed by atoms with E-state index in [0.29, 0.717) is 59.9 Å². The fourth-order valence-corrected chi connectivity index (χ4v) is 5.41. The molecule has 0 saturated carbocycles. The van der Waals surface area contributed by atoms with Crippen LogP contribution in [0.1, 0.15) is 21.6 Å². The molecule has 2 aromatic carbocycles. The number of H-pyrrole nitrogens is 1. The van der Waals surface area contributed by atoms with Gasteiger partial charge in [0.25, 0.3) is 0 Å². The summed E-state index contributed by atoms with van der Waals surface area (Å²) >= 11 is 1.18. The summed E-state index contributed by atoms with van der Waals surface area (Å²) in [6, 6.07) is 7.74. The van der Waals surface area contributed by atoms with Crippen LogP contribution >= 0.6 is 11.3 Å². The number of halogens is 4. The van der Waals surface area contributed by atoms with E-state index in [1.807, 2.05) is 4.90 Å². The maximum atomic E-state index is 13.8. The average Bonchev–Trinajstić information content (AvgIpc) is 3.49. The second-order valence-corrected chi connectivity index (χ2v) is 9.64. The largest absolute Gasteiger partial charge is 0.492 e. The zero-order chi connectivity index (χ0) is 26.2. The van der Waals surface area contributed by atoms with E-state index < -0.39 is 17.6 Å². The fourth-order valence-electron chi connectivity index (χ4n) is 4.36. The third-order valence-electron chi connectivity index (χ3n) is 6.27. The summed E-state index contributed by atoms with van der Waals surface area (Å²) in [5, 5.41) is 28.1. The first-order valence-electron chi connectivity index (χ1n) is 11.5. The van der Waals surface area contributed by atoms with Crippen molar-refractivity contribution in [1.82, 2.24) is 20.1 Å². The summed E-state index contributed by atoms with van der Waals surface area (Å²) in [6.45, 7) is 3.32. The lowest BCUT2D eigenvalue weighted by atomic mass is 9.97. The van der Waals surface area contributed by atoms with Crippen LogP contribution in [0, 0.1) is 5.82 Å². The van der Waals surface area contributed by atoms with E-state index in [-0.39, 0.29) is 18.1 Å². The number of β-amino-alcohol motifs (C(OH)–C–C–N with tert-alkyl or cyclic N) is 1. The minimum absolute atomic E-state index is 0.0701. The summed E-state index contributed by atoms with van der Waals surface area (Å²) in [7, 11) is 0. The number of aromatic hydroxyl groups is 1. The molecule has 0 amide bonds. The minimum atomic E-state index is -4.78. The Hall–Kier alpha value is -3.48. The second kappa shape index (κ2) is 10.1.